The minimum absolute atomic E-state index is 0.0916. The second-order valence-electron chi connectivity index (χ2n) is 6.54. The highest BCUT2D eigenvalue weighted by Crippen LogP contribution is 2.35. The third-order valence-corrected chi connectivity index (χ3v) is 5.86. The molecule has 0 aromatic heterocycles. The maximum Gasteiger partial charge on any atom is 0.340 e. The van der Waals surface area contributed by atoms with Gasteiger partial charge < -0.3 is 9.64 Å². The molecule has 4 nitrogen and oxygen atoms in total. The van der Waals surface area contributed by atoms with Gasteiger partial charge in [0.05, 0.1) is 10.6 Å². The molecule has 0 radical (unpaired) electrons. The molecule has 2 atom stereocenters. The summed E-state index contributed by atoms with van der Waals surface area (Å²) in [6, 6.07) is 5.31. The van der Waals surface area contributed by atoms with Crippen LogP contribution in [0.25, 0.3) is 0 Å². The normalized spacial score (nSPS) is 23.5. The quantitative estimate of drug-likeness (QED) is 0.687. The van der Waals surface area contributed by atoms with Gasteiger partial charge >= 0.3 is 5.97 Å². The number of esters is 1. The van der Waals surface area contributed by atoms with Crippen molar-refractivity contribution in [3.8, 4) is 0 Å². The Morgan fingerprint density at radius 3 is 2.79 bits per heavy atom. The largest absolute Gasteiger partial charge is 0.452 e. The number of halogens is 2. The Balaban J connectivity index is 1.60. The first kappa shape index (κ1) is 17.7. The molecule has 1 aromatic carbocycles. The summed E-state index contributed by atoms with van der Waals surface area (Å²) < 4.78 is 5.97. The predicted molar refractivity (Wildman–Crippen MR) is 96.1 cm³/mol. The van der Waals surface area contributed by atoms with E-state index in [1.165, 1.54) is 25.7 Å². The fourth-order valence-corrected chi connectivity index (χ4v) is 4.43. The molecule has 3 rings (SSSR count). The Labute approximate surface area is 155 Å². The Morgan fingerprint density at radius 1 is 1.21 bits per heavy atom. The third-order valence-electron chi connectivity index (χ3n) is 5.04. The molecular formula is C18H21BrClNO3. The van der Waals surface area contributed by atoms with Crippen LogP contribution in [0.3, 0.4) is 0 Å². The van der Waals surface area contributed by atoms with Gasteiger partial charge in [0.1, 0.15) is 0 Å². The zero-order valence-corrected chi connectivity index (χ0v) is 15.8. The lowest BCUT2D eigenvalue weighted by Crippen LogP contribution is -2.50. The first-order valence-electron chi connectivity index (χ1n) is 8.48. The van der Waals surface area contributed by atoms with E-state index in [9.17, 15) is 9.59 Å². The molecule has 0 N–H and O–H groups in total. The molecular weight excluding hydrogens is 394 g/mol. The Hall–Kier alpha value is -1.07. The van der Waals surface area contributed by atoms with Crippen molar-refractivity contribution < 1.29 is 14.3 Å². The van der Waals surface area contributed by atoms with E-state index >= 15 is 0 Å². The van der Waals surface area contributed by atoms with E-state index in [0.29, 0.717) is 17.0 Å². The van der Waals surface area contributed by atoms with Gasteiger partial charge in [-0.3, -0.25) is 4.79 Å². The molecule has 1 amide bonds. The SMILES string of the molecule is O=C(OCC(=O)N1CCC[C@H]2CCCC[C@H]21)c1cc(Br)ccc1Cl. The average molecular weight is 415 g/mol. The number of carbonyl (C=O) groups is 2. The van der Waals surface area contributed by atoms with Crippen molar-refractivity contribution in [1.29, 1.82) is 0 Å². The van der Waals surface area contributed by atoms with Crippen LogP contribution in [0.15, 0.2) is 22.7 Å². The molecule has 2 aliphatic rings. The van der Waals surface area contributed by atoms with Crippen molar-refractivity contribution in [3.63, 3.8) is 0 Å². The number of hydrogen-bond acceptors (Lipinski definition) is 3. The standard InChI is InChI=1S/C18H21BrClNO3/c19-13-7-8-15(20)14(10-13)18(23)24-11-17(22)21-9-3-5-12-4-1-2-6-16(12)21/h7-8,10,12,16H,1-6,9,11H2/t12-,16-/m1/s1. The lowest BCUT2D eigenvalue weighted by atomic mass is 9.78. The molecule has 6 heteroatoms. The maximum absolute atomic E-state index is 12.5. The molecule has 2 fully saturated rings. The van der Waals surface area contributed by atoms with Crippen LogP contribution in [-0.2, 0) is 9.53 Å². The molecule has 1 aliphatic heterocycles. The average Bonchev–Trinajstić information content (AvgIpc) is 2.61. The van der Waals surface area contributed by atoms with Crippen molar-refractivity contribution in [2.45, 2.75) is 44.6 Å². The van der Waals surface area contributed by atoms with E-state index in [1.807, 2.05) is 4.90 Å². The zero-order valence-electron chi connectivity index (χ0n) is 13.5. The van der Waals surface area contributed by atoms with Crippen LogP contribution in [-0.4, -0.2) is 36.0 Å². The fraction of sp³-hybridized carbons (Fsp3) is 0.556. The van der Waals surface area contributed by atoms with Crippen molar-refractivity contribution in [2.75, 3.05) is 13.2 Å². The first-order chi connectivity index (χ1) is 11.6. The lowest BCUT2D eigenvalue weighted by molar-refractivity contribution is -0.140. The van der Waals surface area contributed by atoms with Gasteiger partial charge in [-0.2, -0.15) is 0 Å². The summed E-state index contributed by atoms with van der Waals surface area (Å²) in [6.07, 6.45) is 6.97. The highest BCUT2D eigenvalue weighted by Gasteiger charge is 2.35. The van der Waals surface area contributed by atoms with Gasteiger partial charge in [-0.1, -0.05) is 40.4 Å². The molecule has 130 valence electrons. The number of piperidine rings is 1. The molecule has 0 unspecified atom stereocenters. The van der Waals surface area contributed by atoms with Crippen molar-refractivity contribution >= 4 is 39.4 Å². The summed E-state index contributed by atoms with van der Waals surface area (Å²) in [5.41, 5.74) is 0.271. The molecule has 24 heavy (non-hydrogen) atoms. The summed E-state index contributed by atoms with van der Waals surface area (Å²) in [4.78, 5) is 26.7. The van der Waals surface area contributed by atoms with E-state index in [4.69, 9.17) is 16.3 Å². The van der Waals surface area contributed by atoms with Crippen molar-refractivity contribution in [1.82, 2.24) is 4.90 Å². The second-order valence-corrected chi connectivity index (χ2v) is 7.86. The number of carbonyl (C=O) groups excluding carboxylic acids is 2. The zero-order chi connectivity index (χ0) is 17.1. The number of benzene rings is 1. The molecule has 0 spiro atoms. The van der Waals surface area contributed by atoms with E-state index in [0.717, 1.165) is 23.9 Å². The van der Waals surface area contributed by atoms with Crippen LogP contribution < -0.4 is 0 Å². The number of amides is 1. The van der Waals surface area contributed by atoms with Gasteiger partial charge in [0.25, 0.3) is 5.91 Å². The third kappa shape index (κ3) is 3.94. The fourth-order valence-electron chi connectivity index (χ4n) is 3.88. The topological polar surface area (TPSA) is 46.6 Å². The van der Waals surface area contributed by atoms with Gasteiger partial charge in [-0.25, -0.2) is 4.79 Å². The van der Waals surface area contributed by atoms with Gasteiger partial charge in [0.15, 0.2) is 6.61 Å². The summed E-state index contributed by atoms with van der Waals surface area (Å²) in [5, 5.41) is 0.320. The highest BCUT2D eigenvalue weighted by molar-refractivity contribution is 9.10. The Bertz CT molecular complexity index is 635. The van der Waals surface area contributed by atoms with Crippen molar-refractivity contribution in [2.24, 2.45) is 5.92 Å². The number of ether oxygens (including phenoxy) is 1. The predicted octanol–water partition coefficient (Wildman–Crippen LogP) is 4.44. The van der Waals surface area contributed by atoms with Crippen LogP contribution in [0.1, 0.15) is 48.9 Å². The molecule has 0 bridgehead atoms. The summed E-state index contributed by atoms with van der Waals surface area (Å²) >= 11 is 9.33. The van der Waals surface area contributed by atoms with E-state index < -0.39 is 5.97 Å². The van der Waals surface area contributed by atoms with Crippen molar-refractivity contribution in [3.05, 3.63) is 33.3 Å². The van der Waals surface area contributed by atoms with E-state index in [1.54, 1.807) is 18.2 Å². The van der Waals surface area contributed by atoms with Crippen LogP contribution in [0.4, 0.5) is 0 Å². The van der Waals surface area contributed by atoms with Gasteiger partial charge in [0.2, 0.25) is 0 Å². The van der Waals surface area contributed by atoms with Gasteiger partial charge in [-0.05, 0) is 49.8 Å². The molecule has 1 saturated heterocycles. The molecule has 1 saturated carbocycles. The van der Waals surface area contributed by atoms with E-state index in [-0.39, 0.29) is 18.1 Å². The van der Waals surface area contributed by atoms with Crippen LogP contribution in [0.2, 0.25) is 5.02 Å². The second kappa shape index (κ2) is 7.87. The number of fused-ring (bicyclic) bond motifs is 1. The number of likely N-dealkylation sites (tertiary alicyclic amines) is 1. The Morgan fingerprint density at radius 2 is 1.96 bits per heavy atom. The Kier molecular flexibility index (Phi) is 5.82. The number of nitrogens with zero attached hydrogens (tertiary/aromatic N) is 1. The number of hydrogen-bond donors (Lipinski definition) is 0. The summed E-state index contributed by atoms with van der Waals surface area (Å²) in [7, 11) is 0. The van der Waals surface area contributed by atoms with Crippen LogP contribution >= 0.6 is 27.5 Å². The minimum Gasteiger partial charge on any atom is -0.452 e. The first-order valence-corrected chi connectivity index (χ1v) is 9.65. The van der Waals surface area contributed by atoms with Gasteiger partial charge in [0, 0.05) is 17.1 Å². The maximum atomic E-state index is 12.5. The summed E-state index contributed by atoms with van der Waals surface area (Å²) in [6.45, 7) is 0.556. The minimum atomic E-state index is -0.563. The van der Waals surface area contributed by atoms with Crippen LogP contribution in [0.5, 0.6) is 0 Å². The monoisotopic (exact) mass is 413 g/mol. The lowest BCUT2D eigenvalue weighted by Gasteiger charge is -2.44. The molecule has 1 aromatic rings. The number of rotatable bonds is 3. The van der Waals surface area contributed by atoms with Crippen LogP contribution in [0, 0.1) is 5.92 Å². The van der Waals surface area contributed by atoms with E-state index in [2.05, 4.69) is 15.9 Å². The highest BCUT2D eigenvalue weighted by atomic mass is 79.9. The smallest absolute Gasteiger partial charge is 0.340 e. The molecule has 1 aliphatic carbocycles. The summed E-state index contributed by atoms with van der Waals surface area (Å²) in [5.74, 6) is -0.0374. The molecule has 1 heterocycles. The van der Waals surface area contributed by atoms with Gasteiger partial charge in [-0.15, -0.1) is 0 Å².